The number of thioether (sulfide) groups is 1. The molecule has 2 fully saturated rings. The maximum Gasteiger partial charge on any atom is 0.417 e. The molecule has 1 aromatic carbocycles. The maximum absolute atomic E-state index is 13.8. The first-order valence-electron chi connectivity index (χ1n) is 9.38. The molecule has 2 aromatic rings. The van der Waals surface area contributed by atoms with Crippen LogP contribution in [-0.2, 0) is 6.18 Å². The molecule has 0 spiro atoms. The molecule has 0 unspecified atom stereocenters. The second kappa shape index (κ2) is 8.17. The first-order chi connectivity index (χ1) is 14.3. The number of pyridine rings is 1. The van der Waals surface area contributed by atoms with Gasteiger partial charge in [-0.1, -0.05) is 11.6 Å². The van der Waals surface area contributed by atoms with E-state index >= 15 is 0 Å². The SMILES string of the molecule is CSc1ccc(Cl)cc1Nc1nc(N2C[C@H]3CNC[C@H]3C2)cc(C(F)(F)F)c1C#N. The Morgan fingerprint density at radius 1 is 1.27 bits per heavy atom. The van der Waals surface area contributed by atoms with Crippen molar-refractivity contribution < 1.29 is 13.2 Å². The molecule has 2 aliphatic rings. The van der Waals surface area contributed by atoms with Crippen molar-refractivity contribution in [2.45, 2.75) is 11.1 Å². The summed E-state index contributed by atoms with van der Waals surface area (Å²) in [5.41, 5.74) is -1.01. The minimum Gasteiger partial charge on any atom is -0.356 e. The quantitative estimate of drug-likeness (QED) is 0.651. The Balaban J connectivity index is 1.79. The van der Waals surface area contributed by atoms with Crippen molar-refractivity contribution in [1.82, 2.24) is 10.3 Å². The molecule has 1 aromatic heterocycles. The van der Waals surface area contributed by atoms with Gasteiger partial charge in [-0.05, 0) is 42.4 Å². The summed E-state index contributed by atoms with van der Waals surface area (Å²) in [5.74, 6) is 0.898. The van der Waals surface area contributed by atoms with E-state index < -0.39 is 17.3 Å². The second-order valence-corrected chi connectivity index (χ2v) is 8.70. The van der Waals surface area contributed by atoms with Crippen LogP contribution in [0.4, 0.5) is 30.5 Å². The number of nitriles is 1. The highest BCUT2D eigenvalue weighted by atomic mass is 35.5. The number of nitrogens with one attached hydrogen (secondary N) is 2. The monoisotopic (exact) mass is 453 g/mol. The van der Waals surface area contributed by atoms with E-state index in [1.165, 1.54) is 11.8 Å². The van der Waals surface area contributed by atoms with Gasteiger partial charge in [-0.2, -0.15) is 18.4 Å². The summed E-state index contributed by atoms with van der Waals surface area (Å²) in [6, 6.07) is 7.76. The Morgan fingerprint density at radius 3 is 2.57 bits per heavy atom. The van der Waals surface area contributed by atoms with Crippen LogP contribution < -0.4 is 15.5 Å². The molecule has 5 nitrogen and oxygen atoms in total. The zero-order valence-corrected chi connectivity index (χ0v) is 17.6. The molecule has 0 radical (unpaired) electrons. The highest BCUT2D eigenvalue weighted by Crippen LogP contribution is 2.40. The van der Waals surface area contributed by atoms with Gasteiger partial charge in [-0.25, -0.2) is 4.98 Å². The van der Waals surface area contributed by atoms with E-state index in [4.69, 9.17) is 11.6 Å². The summed E-state index contributed by atoms with van der Waals surface area (Å²) in [4.78, 5) is 7.11. The smallest absolute Gasteiger partial charge is 0.356 e. The molecule has 10 heteroatoms. The van der Waals surface area contributed by atoms with Gasteiger partial charge in [0, 0.05) is 36.1 Å². The van der Waals surface area contributed by atoms with Crippen molar-refractivity contribution in [3.8, 4) is 6.07 Å². The lowest BCUT2D eigenvalue weighted by Gasteiger charge is -2.23. The van der Waals surface area contributed by atoms with E-state index in [1.54, 1.807) is 24.3 Å². The van der Waals surface area contributed by atoms with E-state index in [0.717, 1.165) is 24.1 Å². The fourth-order valence-electron chi connectivity index (χ4n) is 4.07. The minimum absolute atomic E-state index is 0.116. The van der Waals surface area contributed by atoms with Crippen molar-refractivity contribution in [2.24, 2.45) is 11.8 Å². The molecule has 3 heterocycles. The van der Waals surface area contributed by atoms with Crippen molar-refractivity contribution >= 4 is 40.7 Å². The maximum atomic E-state index is 13.8. The molecule has 4 rings (SSSR count). The highest BCUT2D eigenvalue weighted by Gasteiger charge is 2.40. The first-order valence-corrected chi connectivity index (χ1v) is 11.0. The van der Waals surface area contributed by atoms with Gasteiger partial charge in [-0.3, -0.25) is 0 Å². The first kappa shape index (κ1) is 21.1. The predicted molar refractivity (Wildman–Crippen MR) is 113 cm³/mol. The van der Waals surface area contributed by atoms with E-state index in [-0.39, 0.29) is 11.6 Å². The Labute approximate surface area is 181 Å². The zero-order chi connectivity index (χ0) is 21.5. The zero-order valence-electron chi connectivity index (χ0n) is 16.1. The largest absolute Gasteiger partial charge is 0.417 e. The fourth-order valence-corrected chi connectivity index (χ4v) is 4.77. The number of benzene rings is 1. The van der Waals surface area contributed by atoms with Crippen LogP contribution in [0.25, 0.3) is 0 Å². The molecule has 2 saturated heterocycles. The number of rotatable bonds is 4. The molecule has 2 atom stereocenters. The molecule has 2 aliphatic heterocycles. The van der Waals surface area contributed by atoms with Crippen LogP contribution in [0, 0.1) is 23.2 Å². The summed E-state index contributed by atoms with van der Waals surface area (Å²) in [6.07, 6.45) is -2.82. The Bertz CT molecular complexity index is 995. The number of hydrogen-bond acceptors (Lipinski definition) is 6. The van der Waals surface area contributed by atoms with Crippen molar-refractivity contribution in [1.29, 1.82) is 5.26 Å². The lowest BCUT2D eigenvalue weighted by Crippen LogP contribution is -2.27. The van der Waals surface area contributed by atoms with E-state index in [2.05, 4.69) is 15.6 Å². The fraction of sp³-hybridized carbons (Fsp3) is 0.400. The third-order valence-electron chi connectivity index (χ3n) is 5.55. The average Bonchev–Trinajstić information content (AvgIpc) is 3.29. The number of aromatic nitrogens is 1. The summed E-state index contributed by atoms with van der Waals surface area (Å²) in [7, 11) is 0. The van der Waals surface area contributed by atoms with Crippen LogP contribution >= 0.6 is 23.4 Å². The van der Waals surface area contributed by atoms with Crippen LogP contribution in [0.2, 0.25) is 5.02 Å². The third kappa shape index (κ3) is 4.04. The van der Waals surface area contributed by atoms with Crippen LogP contribution in [0.15, 0.2) is 29.2 Å². The lowest BCUT2D eigenvalue weighted by molar-refractivity contribution is -0.137. The van der Waals surface area contributed by atoms with Crippen LogP contribution in [-0.4, -0.2) is 37.4 Å². The second-order valence-electron chi connectivity index (χ2n) is 7.41. The Morgan fingerprint density at radius 2 is 1.97 bits per heavy atom. The van der Waals surface area contributed by atoms with Gasteiger partial charge < -0.3 is 15.5 Å². The van der Waals surface area contributed by atoms with Gasteiger partial charge in [0.25, 0.3) is 0 Å². The summed E-state index contributed by atoms with van der Waals surface area (Å²) >= 11 is 7.49. The molecular formula is C20H19ClF3N5S. The van der Waals surface area contributed by atoms with Crippen molar-refractivity contribution in [3.63, 3.8) is 0 Å². The third-order valence-corrected chi connectivity index (χ3v) is 6.58. The molecule has 0 saturated carbocycles. The standard InChI is InChI=1S/C20H19ClF3N5S/c1-30-17-3-2-13(21)4-16(17)27-19-14(6-25)15(20(22,23)24)5-18(28-19)29-9-11-7-26-8-12(11)10-29/h2-5,11-12,26H,7-10H2,1H3,(H,27,28)/t11-,12+. The van der Waals surface area contributed by atoms with Gasteiger partial charge in [0.05, 0.1) is 11.3 Å². The predicted octanol–water partition coefficient (Wildman–Crippen LogP) is 4.75. The normalized spacial score (nSPS) is 20.9. The lowest BCUT2D eigenvalue weighted by atomic mass is 10.0. The molecular weight excluding hydrogens is 435 g/mol. The van der Waals surface area contributed by atoms with Crippen LogP contribution in [0.3, 0.4) is 0 Å². The summed E-state index contributed by atoms with van der Waals surface area (Å²) in [6.45, 7) is 2.99. The van der Waals surface area contributed by atoms with Crippen molar-refractivity contribution in [2.75, 3.05) is 42.7 Å². The van der Waals surface area contributed by atoms with Gasteiger partial charge in [0.2, 0.25) is 0 Å². The number of halogens is 4. The van der Waals surface area contributed by atoms with Gasteiger partial charge in [0.1, 0.15) is 17.5 Å². The number of anilines is 3. The Kier molecular flexibility index (Phi) is 5.75. The van der Waals surface area contributed by atoms with Crippen LogP contribution in [0.5, 0.6) is 0 Å². The number of hydrogen-bond donors (Lipinski definition) is 2. The molecule has 2 N–H and O–H groups in total. The van der Waals surface area contributed by atoms with E-state index in [0.29, 0.717) is 35.6 Å². The van der Waals surface area contributed by atoms with Crippen LogP contribution in [0.1, 0.15) is 11.1 Å². The minimum atomic E-state index is -4.67. The Hall–Kier alpha value is -2.15. The molecule has 30 heavy (non-hydrogen) atoms. The average molecular weight is 454 g/mol. The molecule has 0 aliphatic carbocycles. The number of alkyl halides is 3. The van der Waals surface area contributed by atoms with Gasteiger partial charge in [-0.15, -0.1) is 11.8 Å². The molecule has 0 bridgehead atoms. The highest BCUT2D eigenvalue weighted by molar-refractivity contribution is 7.98. The number of fused-ring (bicyclic) bond motifs is 1. The van der Waals surface area contributed by atoms with E-state index in [1.807, 2.05) is 11.2 Å². The molecule has 158 valence electrons. The van der Waals surface area contributed by atoms with E-state index in [9.17, 15) is 18.4 Å². The van der Waals surface area contributed by atoms with Gasteiger partial charge in [0.15, 0.2) is 5.82 Å². The van der Waals surface area contributed by atoms with Crippen molar-refractivity contribution in [3.05, 3.63) is 40.4 Å². The molecule has 0 amide bonds. The topological polar surface area (TPSA) is 64.0 Å². The summed E-state index contributed by atoms with van der Waals surface area (Å²) < 4.78 is 41.4. The van der Waals surface area contributed by atoms with Gasteiger partial charge >= 0.3 is 6.18 Å². The number of nitrogens with zero attached hydrogens (tertiary/aromatic N) is 3. The summed E-state index contributed by atoms with van der Waals surface area (Å²) in [5, 5.41) is 16.2.